The van der Waals surface area contributed by atoms with E-state index in [-0.39, 0.29) is 5.56 Å². The van der Waals surface area contributed by atoms with Gasteiger partial charge in [0.1, 0.15) is 11.6 Å². The fourth-order valence-electron chi connectivity index (χ4n) is 1.85. The van der Waals surface area contributed by atoms with Crippen LogP contribution < -0.4 is 5.56 Å². The number of nitriles is 1. The maximum Gasteiger partial charge on any atom is 0.268 e. The zero-order valence-electron chi connectivity index (χ0n) is 9.08. The Bertz CT molecular complexity index is 490. The van der Waals surface area contributed by atoms with Gasteiger partial charge in [0.25, 0.3) is 5.56 Å². The number of aryl methyl sites for hydroxylation is 2. The highest BCUT2D eigenvalue weighted by Gasteiger charge is 2.23. The van der Waals surface area contributed by atoms with Crippen molar-refractivity contribution < 1.29 is 0 Å². The molecule has 1 aromatic heterocycles. The molecule has 1 saturated carbocycles. The molecule has 1 aliphatic rings. The summed E-state index contributed by atoms with van der Waals surface area (Å²) in [5, 5.41) is 8.90. The van der Waals surface area contributed by atoms with Crippen LogP contribution in [0.2, 0.25) is 0 Å². The van der Waals surface area contributed by atoms with E-state index in [1.807, 2.05) is 26.0 Å². The van der Waals surface area contributed by atoms with Crippen molar-refractivity contribution in [2.75, 3.05) is 0 Å². The molecule has 0 saturated heterocycles. The summed E-state index contributed by atoms with van der Waals surface area (Å²) >= 11 is 0. The quantitative estimate of drug-likeness (QED) is 0.733. The molecule has 0 unspecified atom stereocenters. The monoisotopic (exact) mass is 202 g/mol. The van der Waals surface area contributed by atoms with Crippen LogP contribution in [0.3, 0.4) is 0 Å². The van der Waals surface area contributed by atoms with Gasteiger partial charge in [-0.3, -0.25) is 4.79 Å². The number of aromatic nitrogens is 1. The van der Waals surface area contributed by atoms with Crippen molar-refractivity contribution in [1.82, 2.24) is 4.57 Å². The minimum absolute atomic E-state index is 0.123. The van der Waals surface area contributed by atoms with Crippen LogP contribution in [0.1, 0.15) is 29.7 Å². The van der Waals surface area contributed by atoms with E-state index in [4.69, 9.17) is 5.26 Å². The number of pyridine rings is 1. The third-order valence-corrected chi connectivity index (χ3v) is 2.95. The van der Waals surface area contributed by atoms with Gasteiger partial charge in [0, 0.05) is 12.2 Å². The van der Waals surface area contributed by atoms with Gasteiger partial charge in [0.2, 0.25) is 0 Å². The highest BCUT2D eigenvalue weighted by molar-refractivity contribution is 5.36. The van der Waals surface area contributed by atoms with E-state index in [1.165, 1.54) is 12.8 Å². The molecule has 78 valence electrons. The first-order chi connectivity index (χ1) is 7.13. The molecule has 3 nitrogen and oxygen atoms in total. The van der Waals surface area contributed by atoms with Gasteiger partial charge in [-0.25, -0.2) is 0 Å². The Morgan fingerprint density at radius 2 is 2.20 bits per heavy atom. The first-order valence-electron chi connectivity index (χ1n) is 5.24. The van der Waals surface area contributed by atoms with Gasteiger partial charge in [0.15, 0.2) is 0 Å². The van der Waals surface area contributed by atoms with Crippen LogP contribution in [0.5, 0.6) is 0 Å². The average Bonchev–Trinajstić information content (AvgIpc) is 2.96. The molecule has 0 radical (unpaired) electrons. The molecule has 3 heteroatoms. The Hall–Kier alpha value is -1.56. The van der Waals surface area contributed by atoms with Gasteiger partial charge in [-0.2, -0.15) is 5.26 Å². The van der Waals surface area contributed by atoms with E-state index in [2.05, 4.69) is 0 Å². The van der Waals surface area contributed by atoms with E-state index in [0.717, 1.165) is 17.8 Å². The second-order valence-electron chi connectivity index (χ2n) is 4.31. The summed E-state index contributed by atoms with van der Waals surface area (Å²) in [6, 6.07) is 3.91. The molecular weight excluding hydrogens is 188 g/mol. The first-order valence-corrected chi connectivity index (χ1v) is 5.24. The summed E-state index contributed by atoms with van der Waals surface area (Å²) < 4.78 is 1.74. The second-order valence-corrected chi connectivity index (χ2v) is 4.31. The van der Waals surface area contributed by atoms with Gasteiger partial charge in [-0.1, -0.05) is 0 Å². The largest absolute Gasteiger partial charge is 0.312 e. The molecular formula is C12H14N2O. The van der Waals surface area contributed by atoms with Gasteiger partial charge >= 0.3 is 0 Å². The topological polar surface area (TPSA) is 45.8 Å². The number of rotatable bonds is 2. The molecule has 1 aromatic rings. The van der Waals surface area contributed by atoms with Crippen LogP contribution in [-0.4, -0.2) is 4.57 Å². The first kappa shape index (κ1) is 9.97. The SMILES string of the molecule is Cc1cc(C)n(CC2CC2)c(=O)c1C#N. The summed E-state index contributed by atoms with van der Waals surface area (Å²) in [5.74, 6) is 0.649. The fourth-order valence-corrected chi connectivity index (χ4v) is 1.85. The van der Waals surface area contributed by atoms with Crippen LogP contribution in [0, 0.1) is 31.1 Å². The number of hydrogen-bond acceptors (Lipinski definition) is 2. The molecule has 1 heterocycles. The molecule has 1 aliphatic carbocycles. The van der Waals surface area contributed by atoms with E-state index in [9.17, 15) is 4.79 Å². The van der Waals surface area contributed by atoms with Gasteiger partial charge in [-0.05, 0) is 44.2 Å². The summed E-state index contributed by atoms with van der Waals surface area (Å²) in [5.41, 5.74) is 1.92. The van der Waals surface area contributed by atoms with Crippen LogP contribution >= 0.6 is 0 Å². The minimum atomic E-state index is -0.123. The Balaban J connectivity index is 2.53. The standard InChI is InChI=1S/C12H14N2O/c1-8-5-9(2)14(7-10-3-4-10)12(15)11(8)6-13/h5,10H,3-4,7H2,1-2H3. The molecule has 0 aromatic carbocycles. The van der Waals surface area contributed by atoms with Gasteiger partial charge in [-0.15, -0.1) is 0 Å². The Labute approximate surface area is 89.0 Å². The summed E-state index contributed by atoms with van der Waals surface area (Å²) in [6.07, 6.45) is 2.42. The van der Waals surface area contributed by atoms with Crippen molar-refractivity contribution in [1.29, 1.82) is 5.26 Å². The number of hydrogen-bond donors (Lipinski definition) is 0. The van der Waals surface area contributed by atoms with E-state index in [1.54, 1.807) is 4.57 Å². The molecule has 15 heavy (non-hydrogen) atoms. The maximum absolute atomic E-state index is 11.9. The average molecular weight is 202 g/mol. The summed E-state index contributed by atoms with van der Waals surface area (Å²) in [6.45, 7) is 4.52. The van der Waals surface area contributed by atoms with Crippen LogP contribution in [0.25, 0.3) is 0 Å². The zero-order valence-corrected chi connectivity index (χ0v) is 9.08. The van der Waals surface area contributed by atoms with Crippen LogP contribution in [-0.2, 0) is 6.54 Å². The van der Waals surface area contributed by atoms with Crippen LogP contribution in [0.4, 0.5) is 0 Å². The maximum atomic E-state index is 11.9. The lowest BCUT2D eigenvalue weighted by molar-refractivity contribution is 0.589. The smallest absolute Gasteiger partial charge is 0.268 e. The lowest BCUT2D eigenvalue weighted by Crippen LogP contribution is -2.26. The number of nitrogens with zero attached hydrogens (tertiary/aromatic N) is 2. The molecule has 0 atom stereocenters. The van der Waals surface area contributed by atoms with Crippen molar-refractivity contribution in [2.24, 2.45) is 5.92 Å². The highest BCUT2D eigenvalue weighted by atomic mass is 16.1. The van der Waals surface area contributed by atoms with Crippen molar-refractivity contribution in [2.45, 2.75) is 33.2 Å². The zero-order chi connectivity index (χ0) is 11.0. The lowest BCUT2D eigenvalue weighted by atomic mass is 10.1. The third-order valence-electron chi connectivity index (χ3n) is 2.95. The van der Waals surface area contributed by atoms with Gasteiger partial charge in [0.05, 0.1) is 0 Å². The van der Waals surface area contributed by atoms with Crippen molar-refractivity contribution in [3.63, 3.8) is 0 Å². The summed E-state index contributed by atoms with van der Waals surface area (Å²) in [7, 11) is 0. The Morgan fingerprint density at radius 3 is 2.73 bits per heavy atom. The Kier molecular flexibility index (Phi) is 2.36. The van der Waals surface area contributed by atoms with Crippen molar-refractivity contribution >= 4 is 0 Å². The summed E-state index contributed by atoms with van der Waals surface area (Å²) in [4.78, 5) is 11.9. The predicted molar refractivity (Wildman–Crippen MR) is 57.6 cm³/mol. The normalized spacial score (nSPS) is 15.0. The molecule has 0 aliphatic heterocycles. The highest BCUT2D eigenvalue weighted by Crippen LogP contribution is 2.30. The van der Waals surface area contributed by atoms with Gasteiger partial charge < -0.3 is 4.57 Å². The van der Waals surface area contributed by atoms with Crippen LogP contribution in [0.15, 0.2) is 10.9 Å². The molecule has 1 fully saturated rings. The molecule has 0 spiro atoms. The van der Waals surface area contributed by atoms with Crippen molar-refractivity contribution in [3.8, 4) is 6.07 Å². The van der Waals surface area contributed by atoms with Crippen molar-refractivity contribution in [3.05, 3.63) is 33.2 Å². The molecule has 0 amide bonds. The molecule has 0 bridgehead atoms. The van der Waals surface area contributed by atoms with E-state index >= 15 is 0 Å². The fraction of sp³-hybridized carbons (Fsp3) is 0.500. The molecule has 2 rings (SSSR count). The Morgan fingerprint density at radius 1 is 1.53 bits per heavy atom. The van der Waals surface area contributed by atoms with E-state index < -0.39 is 0 Å². The second kappa shape index (κ2) is 3.54. The molecule has 0 N–H and O–H groups in total. The minimum Gasteiger partial charge on any atom is -0.312 e. The third kappa shape index (κ3) is 1.80. The lowest BCUT2D eigenvalue weighted by Gasteiger charge is -2.10. The van der Waals surface area contributed by atoms with E-state index in [0.29, 0.717) is 11.5 Å². The predicted octanol–water partition coefficient (Wildman–Crippen LogP) is 1.75.